The number of hydrogen-bond donors (Lipinski definition) is 0. The molecule has 0 N–H and O–H groups in total. The van der Waals surface area contributed by atoms with Crippen LogP contribution in [0.1, 0.15) is 45.6 Å². The Hall–Kier alpha value is -1.78. The number of unbranched alkanes of at least 4 members (excludes halogenated alkanes) is 1. The van der Waals surface area contributed by atoms with Crippen LogP contribution in [0.25, 0.3) is 5.57 Å². The van der Waals surface area contributed by atoms with Gasteiger partial charge in [0.1, 0.15) is 0 Å². The second-order valence-corrected chi connectivity index (χ2v) is 6.25. The van der Waals surface area contributed by atoms with Gasteiger partial charge in [-0.1, -0.05) is 57.0 Å². The lowest BCUT2D eigenvalue weighted by atomic mass is 10.0. The van der Waals surface area contributed by atoms with Crippen molar-refractivity contribution in [3.63, 3.8) is 0 Å². The van der Waals surface area contributed by atoms with Crippen molar-refractivity contribution in [2.45, 2.75) is 46.2 Å². The first kappa shape index (κ1) is 20.3. The topological polar surface area (TPSA) is 20.3 Å². The molecule has 0 spiro atoms. The smallest absolute Gasteiger partial charge is 0.377 e. The van der Waals surface area contributed by atoms with Gasteiger partial charge in [0.05, 0.1) is 5.57 Å². The van der Waals surface area contributed by atoms with Crippen molar-refractivity contribution in [3.8, 4) is 0 Å². The molecule has 0 amide bonds. The number of carbonyl (C=O) groups excluding carboxylic acids is 1. The number of rotatable bonds is 9. The lowest BCUT2D eigenvalue weighted by Crippen LogP contribution is -2.27. The molecular weight excluding hydrogens is 315 g/mol. The predicted octanol–water partition coefficient (Wildman–Crippen LogP) is 5.31. The molecule has 2 nitrogen and oxygen atoms in total. The molecule has 0 fully saturated rings. The third kappa shape index (κ3) is 6.77. The first-order valence-electron chi connectivity index (χ1n) is 8.38. The Balaban J connectivity index is 2.95. The maximum absolute atomic E-state index is 12.9. The van der Waals surface area contributed by atoms with E-state index in [2.05, 4.69) is 13.8 Å². The average molecular weight is 341 g/mol. The third-order valence-electron chi connectivity index (χ3n) is 3.78. The molecule has 1 aromatic carbocycles. The minimum atomic E-state index is -4.88. The molecule has 0 aromatic heterocycles. The quantitative estimate of drug-likeness (QED) is 0.448. The molecule has 0 bridgehead atoms. The fraction of sp³-hybridized carbons (Fsp3) is 0.526. The van der Waals surface area contributed by atoms with Crippen molar-refractivity contribution in [1.82, 2.24) is 4.90 Å². The van der Waals surface area contributed by atoms with Gasteiger partial charge in [-0.3, -0.25) is 4.79 Å². The summed E-state index contributed by atoms with van der Waals surface area (Å²) in [6.45, 7) is 7.37. The van der Waals surface area contributed by atoms with E-state index in [1.54, 1.807) is 23.1 Å². The molecule has 0 aliphatic rings. The lowest BCUT2D eigenvalue weighted by molar-refractivity contribution is -0.164. The summed E-state index contributed by atoms with van der Waals surface area (Å²) in [6, 6.07) is 8.03. The number of hydrogen-bond acceptors (Lipinski definition) is 2. The summed E-state index contributed by atoms with van der Waals surface area (Å²) in [4.78, 5) is 13.6. The van der Waals surface area contributed by atoms with Gasteiger partial charge in [-0.2, -0.15) is 13.2 Å². The van der Waals surface area contributed by atoms with Gasteiger partial charge in [0.25, 0.3) is 5.78 Å². The molecule has 0 heterocycles. The minimum absolute atomic E-state index is 0.292. The molecule has 0 saturated carbocycles. The molecule has 24 heavy (non-hydrogen) atoms. The van der Waals surface area contributed by atoms with Crippen molar-refractivity contribution in [1.29, 1.82) is 0 Å². The average Bonchev–Trinajstić information content (AvgIpc) is 2.53. The summed E-state index contributed by atoms with van der Waals surface area (Å²) in [5, 5.41) is 0. The minimum Gasteiger partial charge on any atom is -0.377 e. The van der Waals surface area contributed by atoms with Gasteiger partial charge in [0.15, 0.2) is 0 Å². The van der Waals surface area contributed by atoms with Crippen molar-refractivity contribution < 1.29 is 18.0 Å². The molecule has 1 aromatic rings. The van der Waals surface area contributed by atoms with Crippen LogP contribution in [0.5, 0.6) is 0 Å². The molecule has 0 radical (unpaired) electrons. The molecule has 134 valence electrons. The Kier molecular flexibility index (Phi) is 8.02. The van der Waals surface area contributed by atoms with Crippen LogP contribution in [0.15, 0.2) is 36.5 Å². The number of Topliss-reactive ketones (excluding diaryl/α,β-unsaturated/α-hetero) is 1. The van der Waals surface area contributed by atoms with Crippen molar-refractivity contribution in [3.05, 3.63) is 42.1 Å². The van der Waals surface area contributed by atoms with E-state index in [0.717, 1.165) is 19.3 Å². The van der Waals surface area contributed by atoms with E-state index in [0.29, 0.717) is 24.6 Å². The number of benzene rings is 1. The van der Waals surface area contributed by atoms with E-state index >= 15 is 0 Å². The SMILES string of the molecule is CCN(/C=C(\C(=O)C(F)(F)F)c1ccccc1)CCCCC(C)C. The van der Waals surface area contributed by atoms with Gasteiger partial charge < -0.3 is 4.90 Å². The Morgan fingerprint density at radius 1 is 1.17 bits per heavy atom. The maximum atomic E-state index is 12.9. The fourth-order valence-electron chi connectivity index (χ4n) is 2.40. The molecule has 0 aliphatic carbocycles. The fourth-order valence-corrected chi connectivity index (χ4v) is 2.40. The highest BCUT2D eigenvalue weighted by Gasteiger charge is 2.41. The number of carbonyl (C=O) groups is 1. The van der Waals surface area contributed by atoms with E-state index in [1.807, 2.05) is 6.92 Å². The van der Waals surface area contributed by atoms with E-state index in [1.165, 1.54) is 18.3 Å². The highest BCUT2D eigenvalue weighted by atomic mass is 19.4. The Morgan fingerprint density at radius 2 is 1.79 bits per heavy atom. The normalized spacial score (nSPS) is 12.5. The largest absolute Gasteiger partial charge is 0.454 e. The second kappa shape index (κ2) is 9.50. The van der Waals surface area contributed by atoms with E-state index in [4.69, 9.17) is 0 Å². The van der Waals surface area contributed by atoms with Crippen LogP contribution in [0.4, 0.5) is 13.2 Å². The van der Waals surface area contributed by atoms with Crippen molar-refractivity contribution in [2.75, 3.05) is 13.1 Å². The van der Waals surface area contributed by atoms with Crippen LogP contribution in [0, 0.1) is 5.92 Å². The van der Waals surface area contributed by atoms with Crippen molar-refractivity contribution >= 4 is 11.4 Å². The summed E-state index contributed by atoms with van der Waals surface area (Å²) in [5.41, 5.74) is -0.00531. The van der Waals surface area contributed by atoms with Gasteiger partial charge in [-0.05, 0) is 24.8 Å². The molecule has 5 heteroatoms. The zero-order valence-electron chi connectivity index (χ0n) is 14.6. The summed E-state index contributed by atoms with van der Waals surface area (Å²) < 4.78 is 38.8. The summed E-state index contributed by atoms with van der Waals surface area (Å²) in [7, 11) is 0. The molecule has 1 rings (SSSR count). The van der Waals surface area contributed by atoms with E-state index < -0.39 is 12.0 Å². The zero-order chi connectivity index (χ0) is 18.2. The van der Waals surface area contributed by atoms with Gasteiger partial charge in [-0.15, -0.1) is 0 Å². The van der Waals surface area contributed by atoms with Crippen LogP contribution in [-0.2, 0) is 4.79 Å². The molecule has 0 aliphatic heterocycles. The van der Waals surface area contributed by atoms with E-state index in [-0.39, 0.29) is 5.57 Å². The second-order valence-electron chi connectivity index (χ2n) is 6.25. The Labute approximate surface area is 142 Å². The maximum Gasteiger partial charge on any atom is 0.454 e. The number of nitrogens with zero attached hydrogens (tertiary/aromatic N) is 1. The van der Waals surface area contributed by atoms with Gasteiger partial charge in [-0.25, -0.2) is 0 Å². The number of ketones is 1. The molecule has 0 unspecified atom stereocenters. The predicted molar refractivity (Wildman–Crippen MR) is 91.4 cm³/mol. The molecule has 0 atom stereocenters. The van der Waals surface area contributed by atoms with Crippen LogP contribution < -0.4 is 0 Å². The van der Waals surface area contributed by atoms with E-state index in [9.17, 15) is 18.0 Å². The summed E-state index contributed by atoms with van der Waals surface area (Å²) >= 11 is 0. The summed E-state index contributed by atoms with van der Waals surface area (Å²) in [6.07, 6.45) is -0.506. The molecular formula is C19H26F3NO. The number of allylic oxidation sites excluding steroid dienone is 1. The van der Waals surface area contributed by atoms with Crippen LogP contribution in [0.2, 0.25) is 0 Å². The van der Waals surface area contributed by atoms with Crippen LogP contribution in [-0.4, -0.2) is 29.9 Å². The van der Waals surface area contributed by atoms with Gasteiger partial charge >= 0.3 is 6.18 Å². The number of halogens is 3. The van der Waals surface area contributed by atoms with Crippen LogP contribution in [0.3, 0.4) is 0 Å². The summed E-state index contributed by atoms with van der Waals surface area (Å²) in [5.74, 6) is -1.18. The highest BCUT2D eigenvalue weighted by molar-refractivity contribution is 6.23. The lowest BCUT2D eigenvalue weighted by Gasteiger charge is -2.21. The Bertz CT molecular complexity index is 535. The van der Waals surface area contributed by atoms with Gasteiger partial charge in [0, 0.05) is 19.3 Å². The monoisotopic (exact) mass is 341 g/mol. The molecule has 0 saturated heterocycles. The third-order valence-corrected chi connectivity index (χ3v) is 3.78. The first-order chi connectivity index (χ1) is 11.3. The van der Waals surface area contributed by atoms with Crippen LogP contribution >= 0.6 is 0 Å². The van der Waals surface area contributed by atoms with Crippen molar-refractivity contribution in [2.24, 2.45) is 5.92 Å². The highest BCUT2D eigenvalue weighted by Crippen LogP contribution is 2.27. The Morgan fingerprint density at radius 3 is 2.29 bits per heavy atom. The number of alkyl halides is 3. The van der Waals surface area contributed by atoms with Gasteiger partial charge in [0.2, 0.25) is 0 Å². The first-order valence-corrected chi connectivity index (χ1v) is 8.38. The zero-order valence-corrected chi connectivity index (χ0v) is 14.6. The standard InChI is InChI=1S/C19H26F3NO/c1-4-23(13-9-8-10-15(2)3)14-17(18(24)19(20,21)22)16-11-6-5-7-12-16/h5-7,11-12,14-15H,4,8-10,13H2,1-3H3/b17-14-.